The van der Waals surface area contributed by atoms with Gasteiger partial charge in [0.25, 0.3) is 0 Å². The van der Waals surface area contributed by atoms with Gasteiger partial charge in [0.2, 0.25) is 0 Å². The van der Waals surface area contributed by atoms with Crippen LogP contribution in [-0.4, -0.2) is 149 Å². The summed E-state index contributed by atoms with van der Waals surface area (Å²) in [5, 5.41) is 60.0. The van der Waals surface area contributed by atoms with Crippen LogP contribution in [0.25, 0.3) is 33.8 Å². The fourth-order valence-electron chi connectivity index (χ4n) is 8.28. The maximum Gasteiger partial charge on any atom is 0.354 e. The van der Waals surface area contributed by atoms with Gasteiger partial charge in [0, 0.05) is 115 Å². The van der Waals surface area contributed by atoms with Gasteiger partial charge in [0.05, 0.1) is 50.9 Å². The molecular formula is C45H45N9O12. The van der Waals surface area contributed by atoms with Crippen LogP contribution in [-0.2, 0) is 40.8 Å². The first kappa shape index (κ1) is 46.0. The Morgan fingerprint density at radius 1 is 0.409 bits per heavy atom. The molecule has 1 saturated heterocycles. The summed E-state index contributed by atoms with van der Waals surface area (Å²) in [6, 6.07) is 13.2. The van der Waals surface area contributed by atoms with Gasteiger partial charge in [-0.3, -0.25) is 14.7 Å². The molecule has 6 aromatic heterocycles. The average Bonchev–Trinajstić information content (AvgIpc) is 3.99. The number of rotatable bonds is 15. The molecule has 1 aliphatic heterocycles. The molecule has 0 spiro atoms. The number of hydrogen-bond acceptors (Lipinski definition) is 12. The highest BCUT2D eigenvalue weighted by atomic mass is 16.4. The Balaban J connectivity index is 1.25. The van der Waals surface area contributed by atoms with Gasteiger partial charge >= 0.3 is 35.8 Å². The Bertz CT molecular complexity index is 2590. The van der Waals surface area contributed by atoms with E-state index >= 15 is 0 Å². The van der Waals surface area contributed by atoms with Crippen LogP contribution in [0.1, 0.15) is 79.6 Å². The van der Waals surface area contributed by atoms with E-state index in [9.17, 15) is 59.4 Å². The van der Waals surface area contributed by atoms with Gasteiger partial charge in [-0.2, -0.15) is 0 Å². The topological polar surface area (TPSA) is 287 Å². The van der Waals surface area contributed by atoms with E-state index in [2.05, 4.69) is 15.0 Å². The predicted octanol–water partition coefficient (Wildman–Crippen LogP) is 3.90. The standard InChI is InChI=1S/C45H45N9O12/c1-49-7-4-31(40(55)56)37(49)25-16-28(46-34(19-25)43(61)62)22-52-10-12-53(23-29-17-26(20-35(47-29)44(63)64)38-32(41(57)58)5-8-50(38)2)14-15-54(13-11-52)24-30-18-27(21-36(48-30)45(65)66)39-33(42(59)60)6-9-51(39)3/h4-9,16-21H,10-15,22-24H2,1-3H3,(H,55,56)(H,57,58)(H,59,60)(H,61,62)(H,63,64)(H,65,66). The third-order valence-electron chi connectivity index (χ3n) is 11.4. The molecule has 7 rings (SSSR count). The molecule has 66 heavy (non-hydrogen) atoms. The highest BCUT2D eigenvalue weighted by molar-refractivity contribution is 5.98. The van der Waals surface area contributed by atoms with E-state index in [4.69, 9.17) is 0 Å². The molecule has 0 radical (unpaired) electrons. The Labute approximate surface area is 375 Å². The fourth-order valence-corrected chi connectivity index (χ4v) is 8.28. The van der Waals surface area contributed by atoms with Gasteiger partial charge in [0.1, 0.15) is 17.1 Å². The van der Waals surface area contributed by atoms with Crippen LogP contribution in [0.5, 0.6) is 0 Å². The van der Waals surface area contributed by atoms with Crippen LogP contribution in [0.4, 0.5) is 0 Å². The first-order valence-electron chi connectivity index (χ1n) is 20.4. The fraction of sp³-hybridized carbons (Fsp3) is 0.267. The summed E-state index contributed by atoms with van der Waals surface area (Å²) >= 11 is 0. The molecule has 0 amide bonds. The molecule has 1 aliphatic rings. The normalized spacial score (nSPS) is 14.0. The minimum Gasteiger partial charge on any atom is -0.478 e. The largest absolute Gasteiger partial charge is 0.478 e. The van der Waals surface area contributed by atoms with Crippen molar-refractivity contribution in [1.29, 1.82) is 0 Å². The number of hydrogen-bond donors (Lipinski definition) is 6. The molecule has 0 bridgehead atoms. The molecule has 6 aromatic rings. The Morgan fingerprint density at radius 3 is 0.864 bits per heavy atom. The van der Waals surface area contributed by atoms with Crippen molar-refractivity contribution in [3.05, 3.63) is 124 Å². The zero-order valence-electron chi connectivity index (χ0n) is 35.9. The van der Waals surface area contributed by atoms with E-state index < -0.39 is 35.8 Å². The highest BCUT2D eigenvalue weighted by Gasteiger charge is 2.25. The number of carboxylic acid groups (broad SMARTS) is 6. The first-order chi connectivity index (χ1) is 31.4. The van der Waals surface area contributed by atoms with Crippen molar-refractivity contribution in [3.63, 3.8) is 0 Å². The van der Waals surface area contributed by atoms with Crippen molar-refractivity contribution in [1.82, 2.24) is 43.4 Å². The van der Waals surface area contributed by atoms with Crippen LogP contribution in [0.2, 0.25) is 0 Å². The summed E-state index contributed by atoms with van der Waals surface area (Å²) in [6.45, 7) is 2.61. The zero-order valence-corrected chi connectivity index (χ0v) is 35.9. The number of pyridine rings is 3. The van der Waals surface area contributed by atoms with Crippen LogP contribution >= 0.6 is 0 Å². The lowest BCUT2D eigenvalue weighted by atomic mass is 10.1. The molecule has 342 valence electrons. The average molecular weight is 904 g/mol. The van der Waals surface area contributed by atoms with Crippen LogP contribution in [0.3, 0.4) is 0 Å². The second-order valence-corrected chi connectivity index (χ2v) is 15.9. The zero-order chi connectivity index (χ0) is 47.6. The van der Waals surface area contributed by atoms with Gasteiger partial charge in [-0.05, 0) is 54.6 Å². The van der Waals surface area contributed by atoms with E-state index in [1.807, 2.05) is 14.7 Å². The van der Waals surface area contributed by atoms with E-state index in [0.29, 0.717) is 73.0 Å². The number of aromatic nitrogens is 6. The van der Waals surface area contributed by atoms with Gasteiger partial charge in [0.15, 0.2) is 0 Å². The number of carboxylic acids is 6. The van der Waals surface area contributed by atoms with Gasteiger partial charge in [-0.15, -0.1) is 0 Å². The smallest absolute Gasteiger partial charge is 0.354 e. The summed E-state index contributed by atoms with van der Waals surface area (Å²) in [5.74, 6) is -7.51. The van der Waals surface area contributed by atoms with Crippen molar-refractivity contribution in [3.8, 4) is 33.8 Å². The molecule has 21 nitrogen and oxygen atoms in total. The third-order valence-corrected chi connectivity index (χ3v) is 11.4. The summed E-state index contributed by atoms with van der Waals surface area (Å²) in [5.41, 5.74) is 1.97. The Kier molecular flexibility index (Phi) is 13.2. The second kappa shape index (κ2) is 19.0. The molecule has 7 heterocycles. The summed E-state index contributed by atoms with van der Waals surface area (Å²) in [7, 11) is 4.95. The molecule has 0 saturated carbocycles. The summed E-state index contributed by atoms with van der Waals surface area (Å²) < 4.78 is 4.76. The SMILES string of the molecule is Cn1ccc(C(=O)O)c1-c1cc(CN2CCN(Cc3cc(-c4c(C(=O)O)ccn4C)cc(C(=O)O)n3)CCN(Cc3cc(-c4c(C(=O)O)ccn4C)cc(C(=O)O)n3)CC2)nc(C(=O)O)c1. The lowest BCUT2D eigenvalue weighted by molar-refractivity contribution is 0.0679. The predicted molar refractivity (Wildman–Crippen MR) is 234 cm³/mol. The van der Waals surface area contributed by atoms with Crippen molar-refractivity contribution in [2.24, 2.45) is 21.1 Å². The van der Waals surface area contributed by atoms with E-state index in [0.717, 1.165) is 0 Å². The third kappa shape index (κ3) is 10.0. The molecule has 21 heteroatoms. The molecule has 6 N–H and O–H groups in total. The van der Waals surface area contributed by atoms with Crippen molar-refractivity contribution < 1.29 is 59.4 Å². The minimum atomic E-state index is -1.31. The van der Waals surface area contributed by atoms with Crippen LogP contribution in [0.15, 0.2) is 73.2 Å². The summed E-state index contributed by atoms with van der Waals surface area (Å²) in [6.07, 6.45) is 4.69. The molecular weight excluding hydrogens is 859 g/mol. The number of aryl methyl sites for hydroxylation is 3. The van der Waals surface area contributed by atoms with Crippen molar-refractivity contribution in [2.45, 2.75) is 19.6 Å². The number of aromatic carboxylic acids is 6. The lowest BCUT2D eigenvalue weighted by Gasteiger charge is -2.26. The van der Waals surface area contributed by atoms with Crippen LogP contribution < -0.4 is 0 Å². The molecule has 1 fully saturated rings. The molecule has 0 aliphatic carbocycles. The van der Waals surface area contributed by atoms with Gasteiger partial charge in [-0.1, -0.05) is 0 Å². The minimum absolute atomic E-state index is 0.0230. The Hall–Kier alpha value is -8.01. The Morgan fingerprint density at radius 2 is 0.652 bits per heavy atom. The van der Waals surface area contributed by atoms with E-state index in [1.165, 1.54) is 36.4 Å². The van der Waals surface area contributed by atoms with Crippen molar-refractivity contribution in [2.75, 3.05) is 39.3 Å². The highest BCUT2D eigenvalue weighted by Crippen LogP contribution is 2.30. The van der Waals surface area contributed by atoms with E-state index in [1.54, 1.807) is 71.6 Å². The maximum absolute atomic E-state index is 12.4. The van der Waals surface area contributed by atoms with Crippen LogP contribution in [0, 0.1) is 0 Å². The van der Waals surface area contributed by atoms with Crippen molar-refractivity contribution >= 4 is 35.8 Å². The second-order valence-electron chi connectivity index (χ2n) is 15.9. The molecule has 0 atom stereocenters. The lowest BCUT2D eigenvalue weighted by Crippen LogP contribution is -2.36. The first-order valence-corrected chi connectivity index (χ1v) is 20.4. The van der Waals surface area contributed by atoms with Gasteiger partial charge < -0.3 is 44.3 Å². The number of nitrogens with zero attached hydrogens (tertiary/aromatic N) is 9. The quantitative estimate of drug-likeness (QED) is 0.0852. The maximum atomic E-state index is 12.4. The monoisotopic (exact) mass is 903 g/mol. The molecule has 0 unspecified atom stereocenters. The van der Waals surface area contributed by atoms with Gasteiger partial charge in [-0.25, -0.2) is 43.7 Å². The summed E-state index contributed by atoms with van der Waals surface area (Å²) in [4.78, 5) is 92.9. The van der Waals surface area contributed by atoms with E-state index in [-0.39, 0.29) is 70.5 Å². The molecule has 0 aromatic carbocycles. The number of carbonyl (C=O) groups is 6.